The molecule has 3 rings (SSSR count). The Morgan fingerprint density at radius 1 is 0.952 bits per heavy atom. The van der Waals surface area contributed by atoms with E-state index < -0.39 is 5.41 Å². The summed E-state index contributed by atoms with van der Waals surface area (Å²) in [5, 5.41) is 19.9. The molecular weight excluding hydrogens is 280 g/mol. The summed E-state index contributed by atoms with van der Waals surface area (Å²) >= 11 is 1.87. The summed E-state index contributed by atoms with van der Waals surface area (Å²) in [5.41, 5.74) is 1.80. The average Bonchev–Trinajstić information content (AvgIpc) is 2.96. The number of benzene rings is 2. The van der Waals surface area contributed by atoms with E-state index in [0.717, 1.165) is 17.7 Å². The molecular formula is C18H20O2S. The monoisotopic (exact) mass is 300 g/mol. The third-order valence-electron chi connectivity index (χ3n) is 4.43. The first-order valence-corrected chi connectivity index (χ1v) is 8.26. The standard InChI is InChI=1S/C18H20O2S/c19-12-18(13-20,15-6-2-1-3-7-15)10-14-11-21-17-9-5-4-8-16(14)17/h1-9,14,19-20H,10-13H2. The second kappa shape index (κ2) is 6.22. The minimum absolute atomic E-state index is 0.0309. The fourth-order valence-corrected chi connectivity index (χ4v) is 4.40. The molecule has 1 aliphatic rings. The molecule has 2 aromatic carbocycles. The summed E-state index contributed by atoms with van der Waals surface area (Å²) in [6.07, 6.45) is 0.772. The number of hydrogen-bond donors (Lipinski definition) is 2. The summed E-state index contributed by atoms with van der Waals surface area (Å²) in [7, 11) is 0. The van der Waals surface area contributed by atoms with Crippen LogP contribution in [0.1, 0.15) is 23.5 Å². The van der Waals surface area contributed by atoms with Gasteiger partial charge in [0.1, 0.15) is 0 Å². The molecule has 1 atom stereocenters. The van der Waals surface area contributed by atoms with Crippen LogP contribution in [-0.2, 0) is 5.41 Å². The topological polar surface area (TPSA) is 40.5 Å². The average molecular weight is 300 g/mol. The fourth-order valence-electron chi connectivity index (χ4n) is 3.14. The van der Waals surface area contributed by atoms with Gasteiger partial charge in [-0.3, -0.25) is 0 Å². The van der Waals surface area contributed by atoms with Crippen molar-refractivity contribution in [2.75, 3.05) is 19.0 Å². The van der Waals surface area contributed by atoms with E-state index in [-0.39, 0.29) is 13.2 Å². The zero-order chi connectivity index (χ0) is 14.7. The Bertz CT molecular complexity index is 593. The molecule has 0 aliphatic carbocycles. The molecule has 2 nitrogen and oxygen atoms in total. The molecule has 0 saturated heterocycles. The van der Waals surface area contributed by atoms with Crippen molar-refractivity contribution in [3.8, 4) is 0 Å². The van der Waals surface area contributed by atoms with E-state index in [2.05, 4.69) is 24.3 Å². The van der Waals surface area contributed by atoms with E-state index in [1.54, 1.807) is 0 Å². The summed E-state index contributed by atoms with van der Waals surface area (Å²) in [6, 6.07) is 18.4. The first kappa shape index (κ1) is 14.6. The largest absolute Gasteiger partial charge is 0.395 e. The Morgan fingerprint density at radius 2 is 1.62 bits per heavy atom. The highest BCUT2D eigenvalue weighted by Gasteiger charge is 2.36. The van der Waals surface area contributed by atoms with Gasteiger partial charge in [-0.15, -0.1) is 11.8 Å². The normalized spacial score (nSPS) is 17.7. The Kier molecular flexibility index (Phi) is 4.34. The Balaban J connectivity index is 1.91. The number of rotatable bonds is 5. The van der Waals surface area contributed by atoms with Gasteiger partial charge in [0.25, 0.3) is 0 Å². The van der Waals surface area contributed by atoms with Crippen LogP contribution < -0.4 is 0 Å². The summed E-state index contributed by atoms with van der Waals surface area (Å²) in [6.45, 7) is -0.0618. The second-order valence-corrected chi connectivity index (χ2v) is 6.77. The van der Waals surface area contributed by atoms with Crippen LogP contribution in [0.2, 0.25) is 0 Å². The number of aliphatic hydroxyl groups is 2. The van der Waals surface area contributed by atoms with E-state index in [1.807, 2.05) is 42.1 Å². The summed E-state index contributed by atoms with van der Waals surface area (Å²) < 4.78 is 0. The van der Waals surface area contributed by atoms with Crippen molar-refractivity contribution in [1.29, 1.82) is 0 Å². The van der Waals surface area contributed by atoms with Gasteiger partial charge >= 0.3 is 0 Å². The molecule has 3 heteroatoms. The van der Waals surface area contributed by atoms with E-state index in [0.29, 0.717) is 5.92 Å². The Hall–Kier alpha value is -1.29. The molecule has 0 fully saturated rings. The van der Waals surface area contributed by atoms with Gasteiger partial charge in [-0.2, -0.15) is 0 Å². The van der Waals surface area contributed by atoms with E-state index in [1.165, 1.54) is 10.5 Å². The molecule has 1 unspecified atom stereocenters. The lowest BCUT2D eigenvalue weighted by molar-refractivity contribution is 0.105. The molecule has 0 spiro atoms. The van der Waals surface area contributed by atoms with Gasteiger partial charge in [-0.25, -0.2) is 0 Å². The minimum atomic E-state index is -0.566. The highest BCUT2D eigenvalue weighted by Crippen LogP contribution is 2.45. The predicted molar refractivity (Wildman–Crippen MR) is 86.8 cm³/mol. The van der Waals surface area contributed by atoms with Gasteiger partial charge in [0.15, 0.2) is 0 Å². The smallest absolute Gasteiger partial charge is 0.0550 e. The van der Waals surface area contributed by atoms with Crippen LogP contribution in [-0.4, -0.2) is 29.2 Å². The molecule has 21 heavy (non-hydrogen) atoms. The van der Waals surface area contributed by atoms with Crippen molar-refractivity contribution < 1.29 is 10.2 Å². The van der Waals surface area contributed by atoms with E-state index in [4.69, 9.17) is 0 Å². The Labute approximate surface area is 129 Å². The van der Waals surface area contributed by atoms with E-state index >= 15 is 0 Å². The van der Waals surface area contributed by atoms with Crippen LogP contribution in [0.4, 0.5) is 0 Å². The van der Waals surface area contributed by atoms with Crippen LogP contribution in [0.3, 0.4) is 0 Å². The predicted octanol–water partition coefficient (Wildman–Crippen LogP) is 3.19. The minimum Gasteiger partial charge on any atom is -0.395 e. The summed E-state index contributed by atoms with van der Waals surface area (Å²) in [4.78, 5) is 1.33. The lowest BCUT2D eigenvalue weighted by Crippen LogP contribution is -2.36. The third kappa shape index (κ3) is 2.73. The SMILES string of the molecule is OCC(CO)(CC1CSc2ccccc21)c1ccccc1. The maximum atomic E-state index is 9.97. The number of hydrogen-bond acceptors (Lipinski definition) is 3. The highest BCUT2D eigenvalue weighted by molar-refractivity contribution is 7.99. The van der Waals surface area contributed by atoms with Crippen molar-refractivity contribution >= 4 is 11.8 Å². The number of aliphatic hydroxyl groups excluding tert-OH is 2. The van der Waals surface area contributed by atoms with Gasteiger partial charge in [0.05, 0.1) is 13.2 Å². The maximum Gasteiger partial charge on any atom is 0.0550 e. The highest BCUT2D eigenvalue weighted by atomic mass is 32.2. The maximum absolute atomic E-state index is 9.97. The van der Waals surface area contributed by atoms with Crippen molar-refractivity contribution in [2.45, 2.75) is 22.6 Å². The van der Waals surface area contributed by atoms with Crippen LogP contribution in [0.25, 0.3) is 0 Å². The molecule has 1 heterocycles. The first-order chi connectivity index (χ1) is 10.3. The molecule has 2 aromatic rings. The molecule has 110 valence electrons. The molecule has 0 amide bonds. The molecule has 0 saturated carbocycles. The van der Waals surface area contributed by atoms with Crippen LogP contribution >= 0.6 is 11.8 Å². The lowest BCUT2D eigenvalue weighted by atomic mass is 9.74. The number of fused-ring (bicyclic) bond motifs is 1. The van der Waals surface area contributed by atoms with Crippen LogP contribution in [0, 0.1) is 0 Å². The van der Waals surface area contributed by atoms with Crippen molar-refractivity contribution in [2.24, 2.45) is 0 Å². The van der Waals surface area contributed by atoms with Crippen molar-refractivity contribution in [3.05, 3.63) is 65.7 Å². The van der Waals surface area contributed by atoms with Gasteiger partial charge in [-0.05, 0) is 29.5 Å². The molecule has 0 radical (unpaired) electrons. The van der Waals surface area contributed by atoms with Crippen LogP contribution in [0.5, 0.6) is 0 Å². The van der Waals surface area contributed by atoms with Gasteiger partial charge in [0.2, 0.25) is 0 Å². The first-order valence-electron chi connectivity index (χ1n) is 7.28. The fraction of sp³-hybridized carbons (Fsp3) is 0.333. The second-order valence-electron chi connectivity index (χ2n) is 5.71. The zero-order valence-corrected chi connectivity index (χ0v) is 12.7. The molecule has 0 bridgehead atoms. The molecule has 1 aliphatic heterocycles. The Morgan fingerprint density at radius 3 is 2.33 bits per heavy atom. The van der Waals surface area contributed by atoms with Gasteiger partial charge < -0.3 is 10.2 Å². The molecule has 0 aromatic heterocycles. The summed E-state index contributed by atoms with van der Waals surface area (Å²) in [5.74, 6) is 1.40. The quantitative estimate of drug-likeness (QED) is 0.891. The van der Waals surface area contributed by atoms with Gasteiger partial charge in [0, 0.05) is 16.1 Å². The lowest BCUT2D eigenvalue weighted by Gasteiger charge is -2.33. The number of thioether (sulfide) groups is 1. The van der Waals surface area contributed by atoms with Crippen LogP contribution in [0.15, 0.2) is 59.5 Å². The van der Waals surface area contributed by atoms with E-state index in [9.17, 15) is 10.2 Å². The zero-order valence-electron chi connectivity index (χ0n) is 11.9. The van der Waals surface area contributed by atoms with Crippen molar-refractivity contribution in [3.63, 3.8) is 0 Å². The third-order valence-corrected chi connectivity index (χ3v) is 5.68. The van der Waals surface area contributed by atoms with Gasteiger partial charge in [-0.1, -0.05) is 48.5 Å². The van der Waals surface area contributed by atoms with Crippen molar-refractivity contribution in [1.82, 2.24) is 0 Å². The molecule has 2 N–H and O–H groups in total.